The molecular weight excluding hydrogens is 500 g/mol. The van der Waals surface area contributed by atoms with Crippen molar-refractivity contribution in [1.29, 1.82) is 0 Å². The first-order chi connectivity index (χ1) is 19.5. The summed E-state index contributed by atoms with van der Waals surface area (Å²) in [7, 11) is 0. The molecular formula is C34H38N2O4. The molecule has 2 amide bonds. The van der Waals surface area contributed by atoms with Crippen LogP contribution in [0.25, 0.3) is 0 Å². The van der Waals surface area contributed by atoms with Gasteiger partial charge >= 0.3 is 0 Å². The van der Waals surface area contributed by atoms with Crippen LogP contribution in [0.1, 0.15) is 47.5 Å². The summed E-state index contributed by atoms with van der Waals surface area (Å²) in [5, 5.41) is 0. The fourth-order valence-electron chi connectivity index (χ4n) is 4.78. The van der Waals surface area contributed by atoms with Crippen LogP contribution in [0.5, 0.6) is 0 Å². The molecule has 0 aliphatic carbocycles. The number of rotatable bonds is 14. The molecule has 3 aromatic carbocycles. The van der Waals surface area contributed by atoms with E-state index in [9.17, 15) is 9.59 Å². The van der Waals surface area contributed by atoms with Gasteiger partial charge in [-0.15, -0.1) is 0 Å². The van der Waals surface area contributed by atoms with Gasteiger partial charge in [-0.1, -0.05) is 91.0 Å². The monoisotopic (exact) mass is 538 g/mol. The van der Waals surface area contributed by atoms with Crippen LogP contribution in [0.15, 0.2) is 108 Å². The van der Waals surface area contributed by atoms with Gasteiger partial charge in [0.05, 0.1) is 19.0 Å². The lowest BCUT2D eigenvalue weighted by molar-refractivity contribution is -0.142. The lowest BCUT2D eigenvalue weighted by atomic mass is 9.90. The highest BCUT2D eigenvalue weighted by molar-refractivity contribution is 5.91. The van der Waals surface area contributed by atoms with Gasteiger partial charge in [-0.25, -0.2) is 0 Å². The number of ether oxygens (including phenoxy) is 1. The first-order valence-electron chi connectivity index (χ1n) is 13.9. The Labute approximate surface area is 237 Å². The second-order valence-corrected chi connectivity index (χ2v) is 9.81. The fraction of sp³-hybridized carbons (Fsp3) is 0.294. The molecule has 4 rings (SSSR count). The summed E-state index contributed by atoms with van der Waals surface area (Å²) in [5.74, 6) is 0.752. The molecule has 0 aliphatic heterocycles. The van der Waals surface area contributed by atoms with E-state index in [2.05, 4.69) is 0 Å². The Bertz CT molecular complexity index is 1280. The first-order valence-corrected chi connectivity index (χ1v) is 13.9. The van der Waals surface area contributed by atoms with Gasteiger partial charge in [0.15, 0.2) is 0 Å². The van der Waals surface area contributed by atoms with Crippen LogP contribution < -0.4 is 0 Å². The number of aryl methyl sites for hydroxylation is 1. The van der Waals surface area contributed by atoms with E-state index in [1.807, 2.05) is 117 Å². The van der Waals surface area contributed by atoms with Crippen LogP contribution in [0.3, 0.4) is 0 Å². The summed E-state index contributed by atoms with van der Waals surface area (Å²) in [6.45, 7) is 6.09. The Morgan fingerprint density at radius 2 is 1.38 bits per heavy atom. The standard InChI is InChI=1S/C34H38N2O4/c1-3-39-23-13-22-35(34(38)33(29-16-9-5-10-17-29)30-18-11-6-12-19-30)26-32(37)36(24-28-14-7-4-8-15-28)25-31-21-20-27(2)40-31/h4-12,14-21,33H,3,13,22-26H2,1-2H3. The Hall–Kier alpha value is -4.16. The summed E-state index contributed by atoms with van der Waals surface area (Å²) in [4.78, 5) is 31.7. The number of hydrogen-bond donors (Lipinski definition) is 0. The van der Waals surface area contributed by atoms with E-state index >= 15 is 0 Å². The van der Waals surface area contributed by atoms with Gasteiger partial charge in [0.2, 0.25) is 11.8 Å². The SMILES string of the molecule is CCOCCCN(CC(=O)N(Cc1ccccc1)Cc1ccc(C)o1)C(=O)C(c1ccccc1)c1ccccc1. The summed E-state index contributed by atoms with van der Waals surface area (Å²) in [5.41, 5.74) is 2.81. The molecule has 0 atom stereocenters. The van der Waals surface area contributed by atoms with Gasteiger partial charge in [-0.3, -0.25) is 9.59 Å². The Morgan fingerprint density at radius 3 is 1.93 bits per heavy atom. The second kappa shape index (κ2) is 14.8. The molecule has 0 bridgehead atoms. The number of amides is 2. The van der Waals surface area contributed by atoms with E-state index in [1.165, 1.54) is 0 Å². The highest BCUT2D eigenvalue weighted by Gasteiger charge is 2.30. The zero-order valence-corrected chi connectivity index (χ0v) is 23.4. The Kier molecular flexibility index (Phi) is 10.7. The Balaban J connectivity index is 1.61. The highest BCUT2D eigenvalue weighted by atomic mass is 16.5. The van der Waals surface area contributed by atoms with Crippen molar-refractivity contribution < 1.29 is 18.7 Å². The smallest absolute Gasteiger partial charge is 0.242 e. The number of carbonyl (C=O) groups excluding carboxylic acids is 2. The van der Waals surface area contributed by atoms with Crippen molar-refractivity contribution in [3.63, 3.8) is 0 Å². The molecule has 0 saturated carbocycles. The van der Waals surface area contributed by atoms with Gasteiger partial charge in [0.1, 0.15) is 11.5 Å². The maximum Gasteiger partial charge on any atom is 0.242 e. The van der Waals surface area contributed by atoms with Crippen LogP contribution in [0.2, 0.25) is 0 Å². The van der Waals surface area contributed by atoms with Crippen LogP contribution in [0, 0.1) is 6.92 Å². The van der Waals surface area contributed by atoms with Crippen molar-refractivity contribution in [2.24, 2.45) is 0 Å². The molecule has 1 heterocycles. The molecule has 0 aliphatic rings. The minimum atomic E-state index is -0.516. The van der Waals surface area contributed by atoms with Gasteiger partial charge in [0.25, 0.3) is 0 Å². The molecule has 40 heavy (non-hydrogen) atoms. The van der Waals surface area contributed by atoms with Crippen LogP contribution in [-0.2, 0) is 27.4 Å². The van der Waals surface area contributed by atoms with Gasteiger partial charge in [-0.2, -0.15) is 0 Å². The minimum Gasteiger partial charge on any atom is -0.464 e. The molecule has 0 saturated heterocycles. The van der Waals surface area contributed by atoms with Crippen molar-refractivity contribution in [1.82, 2.24) is 9.80 Å². The van der Waals surface area contributed by atoms with Crippen molar-refractivity contribution in [3.05, 3.63) is 131 Å². The zero-order chi connectivity index (χ0) is 28.2. The van der Waals surface area contributed by atoms with E-state index in [1.54, 1.807) is 9.80 Å². The normalized spacial score (nSPS) is 11.0. The first kappa shape index (κ1) is 28.8. The zero-order valence-electron chi connectivity index (χ0n) is 23.4. The molecule has 0 radical (unpaired) electrons. The van der Waals surface area contributed by atoms with Crippen molar-refractivity contribution in [3.8, 4) is 0 Å². The largest absolute Gasteiger partial charge is 0.464 e. The van der Waals surface area contributed by atoms with Crippen LogP contribution in [0.4, 0.5) is 0 Å². The molecule has 4 aromatic rings. The maximum atomic E-state index is 14.3. The molecule has 208 valence electrons. The van der Waals surface area contributed by atoms with Gasteiger partial charge in [-0.05, 0) is 49.1 Å². The van der Waals surface area contributed by atoms with Crippen molar-refractivity contribution in [2.45, 2.75) is 39.3 Å². The second-order valence-electron chi connectivity index (χ2n) is 9.81. The van der Waals surface area contributed by atoms with Crippen LogP contribution in [-0.4, -0.2) is 47.9 Å². The van der Waals surface area contributed by atoms with Crippen LogP contribution >= 0.6 is 0 Å². The molecule has 6 nitrogen and oxygen atoms in total. The van der Waals surface area contributed by atoms with Gasteiger partial charge in [0, 0.05) is 26.3 Å². The maximum absolute atomic E-state index is 14.3. The average molecular weight is 539 g/mol. The van der Waals surface area contributed by atoms with E-state index in [0.29, 0.717) is 45.0 Å². The predicted molar refractivity (Wildman–Crippen MR) is 157 cm³/mol. The summed E-state index contributed by atoms with van der Waals surface area (Å²) >= 11 is 0. The third kappa shape index (κ3) is 8.17. The molecule has 0 unspecified atom stereocenters. The Morgan fingerprint density at radius 1 is 0.775 bits per heavy atom. The van der Waals surface area contributed by atoms with Gasteiger partial charge < -0.3 is 19.0 Å². The summed E-state index contributed by atoms with van der Waals surface area (Å²) in [6, 6.07) is 33.2. The minimum absolute atomic E-state index is 0.0341. The quantitative estimate of drug-likeness (QED) is 0.179. The predicted octanol–water partition coefficient (Wildman–Crippen LogP) is 6.20. The number of carbonyl (C=O) groups is 2. The van der Waals surface area contributed by atoms with E-state index < -0.39 is 5.92 Å². The van der Waals surface area contributed by atoms with E-state index in [4.69, 9.17) is 9.15 Å². The fourth-order valence-corrected chi connectivity index (χ4v) is 4.78. The molecule has 1 aromatic heterocycles. The average Bonchev–Trinajstić information content (AvgIpc) is 3.40. The highest BCUT2D eigenvalue weighted by Crippen LogP contribution is 2.27. The van der Waals surface area contributed by atoms with E-state index in [0.717, 1.165) is 22.5 Å². The third-order valence-electron chi connectivity index (χ3n) is 6.78. The van der Waals surface area contributed by atoms with Crippen molar-refractivity contribution >= 4 is 11.8 Å². The third-order valence-corrected chi connectivity index (χ3v) is 6.78. The number of benzene rings is 3. The molecule has 0 spiro atoms. The number of hydrogen-bond acceptors (Lipinski definition) is 4. The summed E-state index contributed by atoms with van der Waals surface area (Å²) < 4.78 is 11.4. The number of furan rings is 1. The lowest BCUT2D eigenvalue weighted by Crippen LogP contribution is -2.45. The topological polar surface area (TPSA) is 63.0 Å². The summed E-state index contributed by atoms with van der Waals surface area (Å²) in [6.07, 6.45) is 0.638. The van der Waals surface area contributed by atoms with Crippen molar-refractivity contribution in [2.75, 3.05) is 26.3 Å². The number of nitrogens with zero attached hydrogens (tertiary/aromatic N) is 2. The molecule has 6 heteroatoms. The van der Waals surface area contributed by atoms with E-state index in [-0.39, 0.29) is 18.4 Å². The molecule has 0 N–H and O–H groups in total. The lowest BCUT2D eigenvalue weighted by Gasteiger charge is -2.30. The molecule has 0 fully saturated rings.